The Morgan fingerprint density at radius 2 is 2.15 bits per heavy atom. The number of pyridine rings is 1. The highest BCUT2D eigenvalue weighted by Crippen LogP contribution is 2.19. The van der Waals surface area contributed by atoms with Crippen LogP contribution in [0.5, 0.6) is 0 Å². The van der Waals surface area contributed by atoms with Crippen LogP contribution in [0.15, 0.2) is 43.0 Å². The molecule has 0 fully saturated rings. The predicted molar refractivity (Wildman–Crippen MR) is 96.6 cm³/mol. The molecule has 0 bridgehead atoms. The molecule has 0 aliphatic heterocycles. The van der Waals surface area contributed by atoms with E-state index in [1.807, 2.05) is 24.4 Å². The molecule has 2 N–H and O–H groups in total. The lowest BCUT2D eigenvalue weighted by Gasteiger charge is -2.01. The Labute approximate surface area is 152 Å². The van der Waals surface area contributed by atoms with Crippen LogP contribution in [0.25, 0.3) is 33.6 Å². The number of hydrogen-bond acceptors (Lipinski definition) is 7. The number of rotatable bonds is 5. The molecule has 0 saturated heterocycles. The first-order valence-corrected chi connectivity index (χ1v) is 8.43. The molecule has 0 amide bonds. The fraction of sp³-hybridized carbons (Fsp3) is 0.176. The van der Waals surface area contributed by atoms with Crippen LogP contribution in [0.2, 0.25) is 0 Å². The number of H-pyrrole nitrogens is 1. The van der Waals surface area contributed by atoms with Crippen molar-refractivity contribution in [3.05, 3.63) is 48.7 Å². The van der Waals surface area contributed by atoms with Crippen LogP contribution in [-0.2, 0) is 13.1 Å². The van der Waals surface area contributed by atoms with E-state index in [9.17, 15) is 0 Å². The first-order chi connectivity index (χ1) is 13.3. The van der Waals surface area contributed by atoms with Gasteiger partial charge in [0.2, 0.25) is 5.65 Å². The highest BCUT2D eigenvalue weighted by atomic mass is 16.3. The van der Waals surface area contributed by atoms with Crippen molar-refractivity contribution in [2.24, 2.45) is 0 Å². The van der Waals surface area contributed by atoms with E-state index in [-0.39, 0.29) is 6.61 Å². The number of aliphatic hydroxyl groups is 1. The maximum atomic E-state index is 9.03. The topological polar surface area (TPSA) is 123 Å². The van der Waals surface area contributed by atoms with E-state index >= 15 is 0 Å². The number of aliphatic hydroxyl groups excluding tert-OH is 1. The molecule has 0 aromatic carbocycles. The third-order valence-electron chi connectivity index (χ3n) is 4.25. The van der Waals surface area contributed by atoms with E-state index in [1.165, 1.54) is 0 Å². The van der Waals surface area contributed by atoms with Gasteiger partial charge in [-0.1, -0.05) is 5.21 Å². The van der Waals surface area contributed by atoms with Gasteiger partial charge < -0.3 is 10.1 Å². The largest absolute Gasteiger partial charge is 0.394 e. The van der Waals surface area contributed by atoms with Crippen LogP contribution in [0.4, 0.5) is 0 Å². The minimum Gasteiger partial charge on any atom is -0.394 e. The molecule has 0 unspecified atom stereocenters. The van der Waals surface area contributed by atoms with Crippen molar-refractivity contribution in [3.8, 4) is 11.3 Å². The fourth-order valence-corrected chi connectivity index (χ4v) is 2.98. The van der Waals surface area contributed by atoms with E-state index in [0.717, 1.165) is 22.3 Å². The lowest BCUT2D eigenvalue weighted by molar-refractivity contribution is 0.269. The van der Waals surface area contributed by atoms with Gasteiger partial charge in [0.15, 0.2) is 5.65 Å². The molecule has 5 aromatic heterocycles. The van der Waals surface area contributed by atoms with Crippen molar-refractivity contribution in [3.63, 3.8) is 0 Å². The molecule has 5 rings (SSSR count). The molecule has 5 heterocycles. The summed E-state index contributed by atoms with van der Waals surface area (Å²) in [5, 5.41) is 21.5. The first-order valence-electron chi connectivity index (χ1n) is 8.43. The highest BCUT2D eigenvalue weighted by molar-refractivity contribution is 5.75. The lowest BCUT2D eigenvalue weighted by Crippen LogP contribution is -2.03. The standard InChI is InChI=1S/C17H15N9O/c27-5-4-25-9-11(7-20-25)15-8-19-16-17(22-15)26(24-23-16)10-12-6-14-13(21-12)2-1-3-18-14/h1-3,6-9,21,27H,4-5,10H2. The quantitative estimate of drug-likeness (QED) is 0.479. The molecule has 10 nitrogen and oxygen atoms in total. The van der Waals surface area contributed by atoms with Crippen molar-refractivity contribution in [1.29, 1.82) is 0 Å². The molecule has 0 aliphatic rings. The normalized spacial score (nSPS) is 11.6. The minimum absolute atomic E-state index is 0.0296. The van der Waals surface area contributed by atoms with Crippen LogP contribution < -0.4 is 0 Å². The molecule has 0 radical (unpaired) electrons. The van der Waals surface area contributed by atoms with Gasteiger partial charge in [0.1, 0.15) is 0 Å². The molecular weight excluding hydrogens is 346 g/mol. The molecular formula is C17H15N9O. The third kappa shape index (κ3) is 2.81. The highest BCUT2D eigenvalue weighted by Gasteiger charge is 2.12. The number of nitrogens with one attached hydrogen (secondary N) is 1. The monoisotopic (exact) mass is 361 g/mol. The fourth-order valence-electron chi connectivity index (χ4n) is 2.98. The third-order valence-corrected chi connectivity index (χ3v) is 4.25. The Kier molecular flexibility index (Phi) is 3.61. The van der Waals surface area contributed by atoms with E-state index in [2.05, 4.69) is 35.3 Å². The number of nitrogens with zero attached hydrogens (tertiary/aromatic N) is 8. The van der Waals surface area contributed by atoms with Gasteiger partial charge in [-0.25, -0.2) is 14.6 Å². The maximum absolute atomic E-state index is 9.03. The Bertz CT molecular complexity index is 1200. The van der Waals surface area contributed by atoms with Gasteiger partial charge in [0, 0.05) is 23.7 Å². The van der Waals surface area contributed by atoms with Crippen molar-refractivity contribution >= 4 is 22.3 Å². The number of hydrogen-bond donors (Lipinski definition) is 2. The van der Waals surface area contributed by atoms with Gasteiger partial charge in [0.05, 0.1) is 48.8 Å². The maximum Gasteiger partial charge on any atom is 0.221 e. The number of aromatic amines is 1. The summed E-state index contributed by atoms with van der Waals surface area (Å²) in [5.74, 6) is 0. The molecule has 27 heavy (non-hydrogen) atoms. The summed E-state index contributed by atoms with van der Waals surface area (Å²) in [5.41, 5.74) is 5.40. The molecule has 0 atom stereocenters. The van der Waals surface area contributed by atoms with E-state index in [4.69, 9.17) is 5.11 Å². The summed E-state index contributed by atoms with van der Waals surface area (Å²) in [7, 11) is 0. The zero-order valence-electron chi connectivity index (χ0n) is 14.2. The Balaban J connectivity index is 1.50. The van der Waals surface area contributed by atoms with E-state index in [1.54, 1.807) is 28.0 Å². The van der Waals surface area contributed by atoms with E-state index < -0.39 is 0 Å². The second kappa shape index (κ2) is 6.25. The van der Waals surface area contributed by atoms with Crippen molar-refractivity contribution in [2.75, 3.05) is 6.61 Å². The zero-order chi connectivity index (χ0) is 18.2. The van der Waals surface area contributed by atoms with Crippen LogP contribution in [0, 0.1) is 0 Å². The van der Waals surface area contributed by atoms with Crippen molar-refractivity contribution < 1.29 is 5.11 Å². The average Bonchev–Trinajstić information content (AvgIpc) is 3.40. The van der Waals surface area contributed by atoms with Crippen LogP contribution in [0.1, 0.15) is 5.69 Å². The summed E-state index contributed by atoms with van der Waals surface area (Å²) in [6.45, 7) is 0.945. The van der Waals surface area contributed by atoms with Gasteiger partial charge >= 0.3 is 0 Å². The number of aromatic nitrogens is 9. The van der Waals surface area contributed by atoms with Crippen molar-refractivity contribution in [1.82, 2.24) is 44.7 Å². The van der Waals surface area contributed by atoms with E-state index in [0.29, 0.717) is 30.1 Å². The van der Waals surface area contributed by atoms with Crippen LogP contribution in [0.3, 0.4) is 0 Å². The molecule has 5 aromatic rings. The molecule has 0 spiro atoms. The second-order valence-corrected chi connectivity index (χ2v) is 6.10. The minimum atomic E-state index is 0.0296. The van der Waals surface area contributed by atoms with Crippen molar-refractivity contribution in [2.45, 2.75) is 13.1 Å². The van der Waals surface area contributed by atoms with Gasteiger partial charge in [0.25, 0.3) is 0 Å². The second-order valence-electron chi connectivity index (χ2n) is 6.10. The molecule has 134 valence electrons. The molecule has 10 heteroatoms. The first kappa shape index (κ1) is 15.6. The zero-order valence-corrected chi connectivity index (χ0v) is 14.2. The summed E-state index contributed by atoms with van der Waals surface area (Å²) >= 11 is 0. The Morgan fingerprint density at radius 1 is 1.19 bits per heavy atom. The average molecular weight is 361 g/mol. The van der Waals surface area contributed by atoms with Gasteiger partial charge in [-0.2, -0.15) is 5.10 Å². The van der Waals surface area contributed by atoms with Crippen LogP contribution >= 0.6 is 0 Å². The molecule has 0 saturated carbocycles. The van der Waals surface area contributed by atoms with Gasteiger partial charge in [-0.3, -0.25) is 9.67 Å². The summed E-state index contributed by atoms with van der Waals surface area (Å²) in [6, 6.07) is 5.86. The van der Waals surface area contributed by atoms with Gasteiger partial charge in [-0.05, 0) is 18.2 Å². The SMILES string of the molecule is OCCn1cc(-c2cnc3nnn(Cc4cc5ncccc5[nH]4)c3n2)cn1. The summed E-state index contributed by atoms with van der Waals surface area (Å²) < 4.78 is 3.36. The Morgan fingerprint density at radius 3 is 3.04 bits per heavy atom. The molecule has 0 aliphatic carbocycles. The smallest absolute Gasteiger partial charge is 0.221 e. The summed E-state index contributed by atoms with van der Waals surface area (Å²) in [4.78, 5) is 16.7. The summed E-state index contributed by atoms with van der Waals surface area (Å²) in [6.07, 6.45) is 6.93. The predicted octanol–water partition coefficient (Wildman–Crippen LogP) is 1.00. The Hall–Kier alpha value is -3.66. The lowest BCUT2D eigenvalue weighted by atomic mass is 10.3. The number of fused-ring (bicyclic) bond motifs is 2. The van der Waals surface area contributed by atoms with Gasteiger partial charge in [-0.15, -0.1) is 5.10 Å². The van der Waals surface area contributed by atoms with Crippen LogP contribution in [-0.4, -0.2) is 56.4 Å².